The number of ether oxygens (including phenoxy) is 1. The minimum absolute atomic E-state index is 0.270. The molecule has 0 aliphatic rings. The summed E-state index contributed by atoms with van der Waals surface area (Å²) in [6, 6.07) is 12.1. The summed E-state index contributed by atoms with van der Waals surface area (Å²) in [7, 11) is -3.19. The fourth-order valence-electron chi connectivity index (χ4n) is 1.92. The maximum absolute atomic E-state index is 11.4. The van der Waals surface area contributed by atoms with Gasteiger partial charge in [0.2, 0.25) is 0 Å². The number of sulfone groups is 1. The van der Waals surface area contributed by atoms with Gasteiger partial charge in [-0.3, -0.25) is 0 Å². The normalized spacial score (nSPS) is 11.4. The lowest BCUT2D eigenvalue weighted by molar-refractivity contribution is 0.474. The van der Waals surface area contributed by atoms with E-state index in [2.05, 4.69) is 0 Å². The summed E-state index contributed by atoms with van der Waals surface area (Å²) >= 11 is 1.61. The Labute approximate surface area is 129 Å². The second-order valence-electron chi connectivity index (χ2n) is 4.49. The molecule has 0 aliphatic heterocycles. The summed E-state index contributed by atoms with van der Waals surface area (Å²) in [6.45, 7) is 0.383. The molecule has 6 heteroatoms. The molecular weight excluding hydrogens is 306 g/mol. The molecule has 2 N–H and O–H groups in total. The molecule has 0 saturated heterocycles. The molecule has 0 heterocycles. The van der Waals surface area contributed by atoms with Crippen LogP contribution in [-0.4, -0.2) is 20.9 Å². The zero-order chi connectivity index (χ0) is 15.5. The first-order valence-corrected chi connectivity index (χ1v) is 9.41. The molecule has 0 unspecified atom stereocenters. The van der Waals surface area contributed by atoms with Crippen LogP contribution in [0.1, 0.15) is 5.56 Å². The predicted molar refractivity (Wildman–Crippen MR) is 85.7 cm³/mol. The zero-order valence-corrected chi connectivity index (χ0v) is 13.5. The third-order valence-electron chi connectivity index (χ3n) is 2.99. The molecule has 0 amide bonds. The SMILES string of the molecule is CSc1cccc(Oc2ccc(S(C)(=O)=O)cc2)c1CN. The van der Waals surface area contributed by atoms with Crippen molar-refractivity contribution in [3.05, 3.63) is 48.0 Å². The minimum atomic E-state index is -3.19. The van der Waals surface area contributed by atoms with Crippen LogP contribution in [0.2, 0.25) is 0 Å². The Hall–Kier alpha value is -1.50. The highest BCUT2D eigenvalue weighted by Crippen LogP contribution is 2.32. The van der Waals surface area contributed by atoms with Gasteiger partial charge >= 0.3 is 0 Å². The van der Waals surface area contributed by atoms with Gasteiger partial charge in [-0.15, -0.1) is 11.8 Å². The summed E-state index contributed by atoms with van der Waals surface area (Å²) in [5, 5.41) is 0. The molecule has 0 aromatic heterocycles. The molecule has 2 aromatic rings. The molecule has 0 fully saturated rings. The van der Waals surface area contributed by atoms with E-state index >= 15 is 0 Å². The first-order valence-electron chi connectivity index (χ1n) is 6.29. The summed E-state index contributed by atoms with van der Waals surface area (Å²) < 4.78 is 28.7. The van der Waals surface area contributed by atoms with E-state index in [0.717, 1.165) is 10.5 Å². The highest BCUT2D eigenvalue weighted by Gasteiger charge is 2.10. The van der Waals surface area contributed by atoms with Crippen molar-refractivity contribution >= 4 is 21.6 Å². The van der Waals surface area contributed by atoms with E-state index in [1.54, 1.807) is 23.9 Å². The highest BCUT2D eigenvalue weighted by atomic mass is 32.2. The van der Waals surface area contributed by atoms with Crippen LogP contribution < -0.4 is 10.5 Å². The molecule has 0 bridgehead atoms. The van der Waals surface area contributed by atoms with Gasteiger partial charge in [0.25, 0.3) is 0 Å². The fourth-order valence-corrected chi connectivity index (χ4v) is 3.19. The Morgan fingerprint density at radius 3 is 2.33 bits per heavy atom. The van der Waals surface area contributed by atoms with Crippen LogP contribution in [0.5, 0.6) is 11.5 Å². The van der Waals surface area contributed by atoms with Gasteiger partial charge in [0.1, 0.15) is 11.5 Å². The Balaban J connectivity index is 2.30. The number of hydrogen-bond acceptors (Lipinski definition) is 5. The van der Waals surface area contributed by atoms with Crippen LogP contribution in [0.3, 0.4) is 0 Å². The van der Waals surface area contributed by atoms with Crippen molar-refractivity contribution < 1.29 is 13.2 Å². The van der Waals surface area contributed by atoms with Gasteiger partial charge in [-0.25, -0.2) is 8.42 Å². The second-order valence-corrected chi connectivity index (χ2v) is 7.35. The van der Waals surface area contributed by atoms with Crippen molar-refractivity contribution in [2.75, 3.05) is 12.5 Å². The quantitative estimate of drug-likeness (QED) is 0.856. The number of rotatable bonds is 5. The molecule has 0 saturated carbocycles. The molecule has 0 spiro atoms. The van der Waals surface area contributed by atoms with Gasteiger partial charge in [0.05, 0.1) is 4.90 Å². The fraction of sp³-hybridized carbons (Fsp3) is 0.200. The van der Waals surface area contributed by atoms with Crippen LogP contribution >= 0.6 is 11.8 Å². The van der Waals surface area contributed by atoms with Gasteiger partial charge in [0.15, 0.2) is 9.84 Å². The van der Waals surface area contributed by atoms with Crippen molar-refractivity contribution in [3.8, 4) is 11.5 Å². The molecule has 112 valence electrons. The summed E-state index contributed by atoms with van der Waals surface area (Å²) in [5.74, 6) is 1.27. The summed E-state index contributed by atoms with van der Waals surface area (Å²) in [5.41, 5.74) is 6.73. The van der Waals surface area contributed by atoms with Crippen LogP contribution in [0.15, 0.2) is 52.3 Å². The smallest absolute Gasteiger partial charge is 0.175 e. The molecule has 21 heavy (non-hydrogen) atoms. The molecule has 0 atom stereocenters. The molecule has 0 aliphatic carbocycles. The summed E-state index contributed by atoms with van der Waals surface area (Å²) in [4.78, 5) is 1.34. The largest absolute Gasteiger partial charge is 0.457 e. The Kier molecular flexibility index (Phi) is 4.92. The zero-order valence-electron chi connectivity index (χ0n) is 11.9. The topological polar surface area (TPSA) is 69.4 Å². The van der Waals surface area contributed by atoms with E-state index < -0.39 is 9.84 Å². The van der Waals surface area contributed by atoms with E-state index in [9.17, 15) is 8.42 Å². The van der Waals surface area contributed by atoms with Crippen molar-refractivity contribution in [2.24, 2.45) is 5.73 Å². The molecule has 0 radical (unpaired) electrons. The van der Waals surface area contributed by atoms with Crippen LogP contribution in [0.25, 0.3) is 0 Å². The first-order chi connectivity index (χ1) is 9.95. The minimum Gasteiger partial charge on any atom is -0.457 e. The first kappa shape index (κ1) is 15.9. The Morgan fingerprint density at radius 2 is 1.81 bits per heavy atom. The van der Waals surface area contributed by atoms with Crippen molar-refractivity contribution in [1.82, 2.24) is 0 Å². The van der Waals surface area contributed by atoms with E-state index in [1.807, 2.05) is 24.5 Å². The molecule has 4 nitrogen and oxygen atoms in total. The van der Waals surface area contributed by atoms with Crippen molar-refractivity contribution in [2.45, 2.75) is 16.3 Å². The standard InChI is InChI=1S/C15H17NO3S2/c1-20-15-5-3-4-14(13(15)10-16)19-11-6-8-12(9-7-11)21(2,17)18/h3-9H,10,16H2,1-2H3. The lowest BCUT2D eigenvalue weighted by Crippen LogP contribution is -2.01. The van der Waals surface area contributed by atoms with E-state index in [4.69, 9.17) is 10.5 Å². The van der Waals surface area contributed by atoms with Crippen molar-refractivity contribution in [1.29, 1.82) is 0 Å². The maximum atomic E-state index is 11.4. The third kappa shape index (κ3) is 3.78. The van der Waals surface area contributed by atoms with Crippen LogP contribution in [-0.2, 0) is 16.4 Å². The van der Waals surface area contributed by atoms with Crippen LogP contribution in [0, 0.1) is 0 Å². The van der Waals surface area contributed by atoms with Gasteiger partial charge in [-0.05, 0) is 42.7 Å². The Bertz CT molecular complexity index is 725. The molecule has 2 rings (SSSR count). The number of nitrogens with two attached hydrogens (primary N) is 1. The van der Waals surface area contributed by atoms with Crippen molar-refractivity contribution in [3.63, 3.8) is 0 Å². The van der Waals surface area contributed by atoms with E-state index in [1.165, 1.54) is 18.4 Å². The van der Waals surface area contributed by atoms with Crippen LogP contribution in [0.4, 0.5) is 0 Å². The average Bonchev–Trinajstić information content (AvgIpc) is 2.46. The van der Waals surface area contributed by atoms with Gasteiger partial charge in [-0.1, -0.05) is 6.07 Å². The van der Waals surface area contributed by atoms with E-state index in [0.29, 0.717) is 18.0 Å². The number of benzene rings is 2. The van der Waals surface area contributed by atoms with Gasteiger partial charge < -0.3 is 10.5 Å². The number of thioether (sulfide) groups is 1. The van der Waals surface area contributed by atoms with Gasteiger partial charge in [0, 0.05) is 23.3 Å². The maximum Gasteiger partial charge on any atom is 0.175 e. The second kappa shape index (κ2) is 6.51. The summed E-state index contributed by atoms with van der Waals surface area (Å²) in [6.07, 6.45) is 3.16. The molecular formula is C15H17NO3S2. The Morgan fingerprint density at radius 1 is 1.14 bits per heavy atom. The van der Waals surface area contributed by atoms with Gasteiger partial charge in [-0.2, -0.15) is 0 Å². The highest BCUT2D eigenvalue weighted by molar-refractivity contribution is 7.98. The monoisotopic (exact) mass is 323 g/mol. The van der Waals surface area contributed by atoms with E-state index in [-0.39, 0.29) is 4.90 Å². The lowest BCUT2D eigenvalue weighted by Gasteiger charge is -2.13. The molecule has 2 aromatic carbocycles. The third-order valence-corrected chi connectivity index (χ3v) is 4.94. The average molecular weight is 323 g/mol. The number of hydrogen-bond donors (Lipinski definition) is 1. The predicted octanol–water partition coefficient (Wildman–Crippen LogP) is 3.06. The lowest BCUT2D eigenvalue weighted by atomic mass is 10.2.